The van der Waals surface area contributed by atoms with Crippen LogP contribution in [0.25, 0.3) is 0 Å². The van der Waals surface area contributed by atoms with Crippen LogP contribution < -0.4 is 5.32 Å². The summed E-state index contributed by atoms with van der Waals surface area (Å²) in [5.41, 5.74) is 0.540. The molecule has 92 valence electrons. The molecule has 0 amide bonds. The average Bonchev–Trinajstić information content (AvgIpc) is 3.14. The molecular weight excluding hydrogens is 196 g/mol. The Balaban J connectivity index is 1.75. The van der Waals surface area contributed by atoms with Crippen molar-refractivity contribution < 1.29 is 0 Å². The van der Waals surface area contributed by atoms with Gasteiger partial charge in [-0.25, -0.2) is 0 Å². The zero-order chi connectivity index (χ0) is 11.0. The predicted molar refractivity (Wildman–Crippen MR) is 67.6 cm³/mol. The van der Waals surface area contributed by atoms with Crippen molar-refractivity contribution >= 4 is 0 Å². The van der Waals surface area contributed by atoms with Crippen molar-refractivity contribution in [2.24, 2.45) is 5.92 Å². The third-order valence-corrected chi connectivity index (χ3v) is 5.17. The first-order valence-corrected chi connectivity index (χ1v) is 7.29. The van der Waals surface area contributed by atoms with E-state index in [4.69, 9.17) is 0 Å². The van der Waals surface area contributed by atoms with Crippen LogP contribution >= 0.6 is 0 Å². The molecule has 0 radical (unpaired) electrons. The van der Waals surface area contributed by atoms with Crippen LogP contribution in [-0.2, 0) is 0 Å². The standard InChI is InChI=1S/C14H26N2/c1-12(13-5-6-13)16-10-9-15-11-14(16)7-3-2-4-8-14/h12-13,15H,2-11H2,1H3. The van der Waals surface area contributed by atoms with Crippen LogP contribution in [0.2, 0.25) is 0 Å². The maximum atomic E-state index is 3.65. The van der Waals surface area contributed by atoms with E-state index in [2.05, 4.69) is 17.1 Å². The summed E-state index contributed by atoms with van der Waals surface area (Å²) in [7, 11) is 0. The van der Waals surface area contributed by atoms with Crippen molar-refractivity contribution in [1.82, 2.24) is 10.2 Å². The Bertz CT molecular complexity index is 233. The molecule has 1 atom stereocenters. The number of hydrogen-bond donors (Lipinski definition) is 1. The van der Waals surface area contributed by atoms with Gasteiger partial charge in [0, 0.05) is 31.2 Å². The van der Waals surface area contributed by atoms with Gasteiger partial charge in [-0.3, -0.25) is 4.90 Å². The van der Waals surface area contributed by atoms with Gasteiger partial charge in [-0.1, -0.05) is 19.3 Å². The molecule has 3 rings (SSSR count). The third kappa shape index (κ3) is 1.91. The summed E-state index contributed by atoms with van der Waals surface area (Å²) in [6.45, 7) is 6.24. The second-order valence-electron chi connectivity index (χ2n) is 6.23. The minimum absolute atomic E-state index is 0.540. The van der Waals surface area contributed by atoms with Gasteiger partial charge in [-0.05, 0) is 38.5 Å². The summed E-state index contributed by atoms with van der Waals surface area (Å²) >= 11 is 0. The quantitative estimate of drug-likeness (QED) is 0.772. The normalized spacial score (nSPS) is 32.8. The van der Waals surface area contributed by atoms with E-state index in [9.17, 15) is 0 Å². The van der Waals surface area contributed by atoms with Crippen molar-refractivity contribution in [3.05, 3.63) is 0 Å². The molecule has 1 N–H and O–H groups in total. The molecule has 1 heterocycles. The average molecular weight is 222 g/mol. The molecule has 1 saturated heterocycles. The van der Waals surface area contributed by atoms with E-state index in [0.29, 0.717) is 5.54 Å². The van der Waals surface area contributed by atoms with Gasteiger partial charge in [0.25, 0.3) is 0 Å². The first-order valence-electron chi connectivity index (χ1n) is 7.29. The lowest BCUT2D eigenvalue weighted by atomic mass is 9.78. The van der Waals surface area contributed by atoms with E-state index in [1.165, 1.54) is 64.6 Å². The van der Waals surface area contributed by atoms with Crippen LogP contribution in [0.15, 0.2) is 0 Å². The molecule has 2 heteroatoms. The largest absolute Gasteiger partial charge is 0.314 e. The highest BCUT2D eigenvalue weighted by Gasteiger charge is 2.45. The van der Waals surface area contributed by atoms with Gasteiger partial charge in [0.15, 0.2) is 0 Å². The Morgan fingerprint density at radius 3 is 2.62 bits per heavy atom. The molecule has 1 aliphatic heterocycles. The first kappa shape index (κ1) is 11.0. The fourth-order valence-electron chi connectivity index (χ4n) is 4.00. The Labute approximate surface area is 99.8 Å². The number of piperazine rings is 1. The van der Waals surface area contributed by atoms with Gasteiger partial charge < -0.3 is 5.32 Å². The minimum atomic E-state index is 0.540. The van der Waals surface area contributed by atoms with E-state index < -0.39 is 0 Å². The molecule has 3 aliphatic rings. The topological polar surface area (TPSA) is 15.3 Å². The SMILES string of the molecule is CC(C1CC1)N1CCNCC12CCCCC2. The number of hydrogen-bond acceptors (Lipinski definition) is 2. The van der Waals surface area contributed by atoms with E-state index in [1.54, 1.807) is 0 Å². The van der Waals surface area contributed by atoms with Crippen molar-refractivity contribution in [1.29, 1.82) is 0 Å². The lowest BCUT2D eigenvalue weighted by Gasteiger charge is -2.52. The summed E-state index contributed by atoms with van der Waals surface area (Å²) in [5.74, 6) is 1.02. The van der Waals surface area contributed by atoms with Crippen molar-refractivity contribution in [2.45, 2.75) is 63.5 Å². The van der Waals surface area contributed by atoms with Crippen LogP contribution in [-0.4, -0.2) is 36.1 Å². The van der Waals surface area contributed by atoms with Crippen LogP contribution in [0, 0.1) is 5.92 Å². The fraction of sp³-hybridized carbons (Fsp3) is 1.00. The lowest BCUT2D eigenvalue weighted by Crippen LogP contribution is -2.64. The summed E-state index contributed by atoms with van der Waals surface area (Å²) in [6, 6.07) is 0.847. The van der Waals surface area contributed by atoms with E-state index in [1.807, 2.05) is 0 Å². The first-order chi connectivity index (χ1) is 7.82. The van der Waals surface area contributed by atoms with Crippen molar-refractivity contribution in [3.8, 4) is 0 Å². The Morgan fingerprint density at radius 1 is 1.19 bits per heavy atom. The molecule has 1 spiro atoms. The second kappa shape index (κ2) is 4.30. The molecule has 0 aromatic rings. The molecule has 16 heavy (non-hydrogen) atoms. The minimum Gasteiger partial charge on any atom is -0.314 e. The zero-order valence-electron chi connectivity index (χ0n) is 10.7. The number of rotatable bonds is 2. The summed E-state index contributed by atoms with van der Waals surface area (Å²) in [6.07, 6.45) is 10.2. The molecule has 1 unspecified atom stereocenters. The smallest absolute Gasteiger partial charge is 0.0337 e. The number of nitrogens with zero attached hydrogens (tertiary/aromatic N) is 1. The zero-order valence-corrected chi connectivity index (χ0v) is 10.7. The fourth-order valence-corrected chi connectivity index (χ4v) is 4.00. The maximum Gasteiger partial charge on any atom is 0.0337 e. The third-order valence-electron chi connectivity index (χ3n) is 5.17. The Hall–Kier alpha value is -0.0800. The maximum absolute atomic E-state index is 3.65. The molecule has 2 saturated carbocycles. The molecule has 0 aromatic heterocycles. The van der Waals surface area contributed by atoms with Crippen LogP contribution in [0.5, 0.6) is 0 Å². The van der Waals surface area contributed by atoms with Crippen molar-refractivity contribution in [3.63, 3.8) is 0 Å². The second-order valence-corrected chi connectivity index (χ2v) is 6.23. The van der Waals surface area contributed by atoms with Crippen LogP contribution in [0.1, 0.15) is 51.9 Å². The molecule has 2 nitrogen and oxygen atoms in total. The highest BCUT2D eigenvalue weighted by molar-refractivity contribution is 5.02. The van der Waals surface area contributed by atoms with Gasteiger partial charge in [-0.15, -0.1) is 0 Å². The van der Waals surface area contributed by atoms with Gasteiger partial charge in [-0.2, -0.15) is 0 Å². The van der Waals surface area contributed by atoms with Crippen LogP contribution in [0.3, 0.4) is 0 Å². The van der Waals surface area contributed by atoms with E-state index >= 15 is 0 Å². The molecule has 2 aliphatic carbocycles. The van der Waals surface area contributed by atoms with Gasteiger partial charge >= 0.3 is 0 Å². The highest BCUT2D eigenvalue weighted by Crippen LogP contribution is 2.42. The van der Waals surface area contributed by atoms with Gasteiger partial charge in [0.05, 0.1) is 0 Å². The summed E-state index contributed by atoms with van der Waals surface area (Å²) in [5, 5.41) is 3.65. The van der Waals surface area contributed by atoms with E-state index in [-0.39, 0.29) is 0 Å². The van der Waals surface area contributed by atoms with Gasteiger partial charge in [0.2, 0.25) is 0 Å². The Morgan fingerprint density at radius 2 is 1.94 bits per heavy atom. The van der Waals surface area contributed by atoms with E-state index in [0.717, 1.165) is 12.0 Å². The van der Waals surface area contributed by atoms with Gasteiger partial charge in [0.1, 0.15) is 0 Å². The molecule has 0 bridgehead atoms. The van der Waals surface area contributed by atoms with Crippen molar-refractivity contribution in [2.75, 3.05) is 19.6 Å². The molecule has 3 fully saturated rings. The molecular formula is C14H26N2. The Kier molecular flexibility index (Phi) is 2.97. The summed E-state index contributed by atoms with van der Waals surface area (Å²) in [4.78, 5) is 2.89. The number of nitrogens with one attached hydrogen (secondary N) is 1. The van der Waals surface area contributed by atoms with Crippen LogP contribution in [0.4, 0.5) is 0 Å². The lowest BCUT2D eigenvalue weighted by molar-refractivity contribution is -0.00847. The summed E-state index contributed by atoms with van der Waals surface area (Å²) < 4.78 is 0. The monoisotopic (exact) mass is 222 g/mol. The molecule has 0 aromatic carbocycles. The predicted octanol–water partition coefficient (Wildman–Crippen LogP) is 2.39. The highest BCUT2D eigenvalue weighted by atomic mass is 15.3.